The number of nitrogens with zero attached hydrogens (tertiary/aromatic N) is 1. The first kappa shape index (κ1) is 19.1. The minimum Gasteiger partial charge on any atom is -0.508 e. The molecule has 0 fully saturated rings. The molecule has 0 aliphatic carbocycles. The Morgan fingerprint density at radius 3 is 2.52 bits per heavy atom. The SMILES string of the molecule is CN(C)CCOC(=O)CC1Oc2cc(O)ccc2C2=C1c1ccc(O)cc1OC2. The van der Waals surface area contributed by atoms with Gasteiger partial charge in [-0.1, -0.05) is 0 Å². The molecule has 0 saturated heterocycles. The third-order valence-electron chi connectivity index (χ3n) is 4.99. The maximum absolute atomic E-state index is 12.4. The lowest BCUT2D eigenvalue weighted by Crippen LogP contribution is -2.31. The molecular formula is C22H23NO6. The maximum atomic E-state index is 12.4. The summed E-state index contributed by atoms with van der Waals surface area (Å²) in [5.74, 6) is 0.872. The largest absolute Gasteiger partial charge is 0.508 e. The molecule has 152 valence electrons. The Morgan fingerprint density at radius 1 is 1.10 bits per heavy atom. The predicted molar refractivity (Wildman–Crippen MR) is 107 cm³/mol. The highest BCUT2D eigenvalue weighted by Gasteiger charge is 2.36. The molecule has 2 N–H and O–H groups in total. The van der Waals surface area contributed by atoms with Crippen LogP contribution in [0.1, 0.15) is 17.5 Å². The standard InChI is InChI=1S/C22H23NO6/c1-23(2)7-8-27-21(26)11-20-22-16-6-4-13(24)9-18(16)28-12-17(22)15-5-3-14(25)10-19(15)29-20/h3-6,9-10,20,24-25H,7-8,11-12H2,1-2H3. The Bertz CT molecular complexity index is 981. The van der Waals surface area contributed by atoms with Crippen molar-refractivity contribution < 1.29 is 29.2 Å². The molecule has 1 unspecified atom stereocenters. The second-order valence-corrected chi connectivity index (χ2v) is 7.38. The molecular weight excluding hydrogens is 374 g/mol. The molecule has 0 saturated carbocycles. The van der Waals surface area contributed by atoms with Crippen molar-refractivity contribution in [3.63, 3.8) is 0 Å². The van der Waals surface area contributed by atoms with Crippen molar-refractivity contribution in [3.8, 4) is 23.0 Å². The van der Waals surface area contributed by atoms with E-state index in [1.165, 1.54) is 6.07 Å². The number of hydrogen-bond acceptors (Lipinski definition) is 7. The van der Waals surface area contributed by atoms with Crippen LogP contribution in [0.3, 0.4) is 0 Å². The molecule has 7 nitrogen and oxygen atoms in total. The van der Waals surface area contributed by atoms with Gasteiger partial charge in [0, 0.05) is 41.0 Å². The van der Waals surface area contributed by atoms with E-state index in [-0.39, 0.29) is 30.5 Å². The summed E-state index contributed by atoms with van der Waals surface area (Å²) in [5.41, 5.74) is 3.33. The molecule has 0 bridgehead atoms. The number of carbonyl (C=O) groups is 1. The van der Waals surface area contributed by atoms with E-state index < -0.39 is 6.10 Å². The first-order valence-corrected chi connectivity index (χ1v) is 9.42. The quantitative estimate of drug-likeness (QED) is 0.750. The lowest BCUT2D eigenvalue weighted by molar-refractivity contribution is -0.145. The van der Waals surface area contributed by atoms with Gasteiger partial charge in [0.05, 0.1) is 6.42 Å². The maximum Gasteiger partial charge on any atom is 0.309 e. The van der Waals surface area contributed by atoms with Crippen LogP contribution in [-0.4, -0.2) is 61.0 Å². The third-order valence-corrected chi connectivity index (χ3v) is 4.99. The Labute approximate surface area is 168 Å². The van der Waals surface area contributed by atoms with Gasteiger partial charge in [0.1, 0.15) is 42.3 Å². The van der Waals surface area contributed by atoms with Crippen LogP contribution in [0, 0.1) is 0 Å². The van der Waals surface area contributed by atoms with Gasteiger partial charge in [0.2, 0.25) is 0 Å². The summed E-state index contributed by atoms with van der Waals surface area (Å²) in [5, 5.41) is 19.7. The summed E-state index contributed by atoms with van der Waals surface area (Å²) in [6.45, 7) is 1.21. The van der Waals surface area contributed by atoms with Gasteiger partial charge in [-0.05, 0) is 38.4 Å². The summed E-state index contributed by atoms with van der Waals surface area (Å²) >= 11 is 0. The second kappa shape index (κ2) is 7.67. The number of esters is 1. The van der Waals surface area contributed by atoms with Gasteiger partial charge >= 0.3 is 5.97 Å². The van der Waals surface area contributed by atoms with E-state index in [2.05, 4.69) is 0 Å². The van der Waals surface area contributed by atoms with Crippen molar-refractivity contribution >= 4 is 17.1 Å². The number of likely N-dealkylation sites (N-methyl/N-ethyl adjacent to an activating group) is 1. The summed E-state index contributed by atoms with van der Waals surface area (Å²) in [6, 6.07) is 9.80. The van der Waals surface area contributed by atoms with Crippen LogP contribution in [0.15, 0.2) is 36.4 Å². The summed E-state index contributed by atoms with van der Waals surface area (Å²) < 4.78 is 17.3. The molecule has 0 spiro atoms. The number of aromatic hydroxyl groups is 2. The van der Waals surface area contributed by atoms with E-state index in [1.807, 2.05) is 19.0 Å². The van der Waals surface area contributed by atoms with Crippen LogP contribution >= 0.6 is 0 Å². The minimum absolute atomic E-state index is 0.0294. The first-order chi connectivity index (χ1) is 13.9. The van der Waals surface area contributed by atoms with Crippen molar-refractivity contribution in [2.45, 2.75) is 12.5 Å². The van der Waals surface area contributed by atoms with E-state index in [9.17, 15) is 15.0 Å². The number of benzene rings is 2. The smallest absolute Gasteiger partial charge is 0.309 e. The number of hydrogen-bond donors (Lipinski definition) is 2. The lowest BCUT2D eigenvalue weighted by atomic mass is 9.85. The number of phenols is 2. The van der Waals surface area contributed by atoms with E-state index in [0.717, 1.165) is 22.3 Å². The zero-order valence-electron chi connectivity index (χ0n) is 16.3. The fourth-order valence-corrected chi connectivity index (χ4v) is 3.60. The van der Waals surface area contributed by atoms with Crippen LogP contribution < -0.4 is 9.47 Å². The summed E-state index contributed by atoms with van der Waals surface area (Å²) in [7, 11) is 3.82. The van der Waals surface area contributed by atoms with Gasteiger partial charge in [-0.15, -0.1) is 0 Å². The molecule has 29 heavy (non-hydrogen) atoms. The van der Waals surface area contributed by atoms with Gasteiger partial charge in [0.15, 0.2) is 0 Å². The Hall–Kier alpha value is -3.19. The number of ether oxygens (including phenoxy) is 3. The molecule has 2 aromatic carbocycles. The van der Waals surface area contributed by atoms with Crippen LogP contribution in [0.5, 0.6) is 23.0 Å². The normalized spacial score (nSPS) is 17.0. The molecule has 2 aliphatic heterocycles. The Balaban J connectivity index is 1.69. The average molecular weight is 397 g/mol. The first-order valence-electron chi connectivity index (χ1n) is 9.42. The van der Waals surface area contributed by atoms with Crippen molar-refractivity contribution in [1.82, 2.24) is 4.90 Å². The molecule has 0 aromatic heterocycles. The van der Waals surface area contributed by atoms with E-state index >= 15 is 0 Å². The highest BCUT2D eigenvalue weighted by atomic mass is 16.5. The van der Waals surface area contributed by atoms with Crippen molar-refractivity contribution in [3.05, 3.63) is 47.5 Å². The Kier molecular flexibility index (Phi) is 5.07. The highest BCUT2D eigenvalue weighted by molar-refractivity contribution is 6.00. The van der Waals surface area contributed by atoms with Crippen molar-refractivity contribution in [2.75, 3.05) is 33.9 Å². The second-order valence-electron chi connectivity index (χ2n) is 7.38. The highest BCUT2D eigenvalue weighted by Crippen LogP contribution is 2.47. The molecule has 0 radical (unpaired) electrons. The fraction of sp³-hybridized carbons (Fsp3) is 0.318. The van der Waals surface area contributed by atoms with Crippen molar-refractivity contribution in [1.29, 1.82) is 0 Å². The molecule has 2 aromatic rings. The fourth-order valence-electron chi connectivity index (χ4n) is 3.60. The number of fused-ring (bicyclic) bond motifs is 4. The third kappa shape index (κ3) is 3.86. The topological polar surface area (TPSA) is 88.5 Å². The molecule has 1 atom stereocenters. The molecule has 2 aliphatic rings. The minimum atomic E-state index is -0.585. The van der Waals surface area contributed by atoms with Crippen molar-refractivity contribution in [2.24, 2.45) is 0 Å². The average Bonchev–Trinajstić information content (AvgIpc) is 2.66. The number of carbonyl (C=O) groups excluding carboxylic acids is 1. The summed E-state index contributed by atoms with van der Waals surface area (Å²) in [6.07, 6.45) is -0.555. The van der Waals surface area contributed by atoms with Crippen LogP contribution in [0.25, 0.3) is 11.1 Å². The van der Waals surface area contributed by atoms with Gasteiger partial charge in [0.25, 0.3) is 0 Å². The monoisotopic (exact) mass is 397 g/mol. The summed E-state index contributed by atoms with van der Waals surface area (Å²) in [4.78, 5) is 14.4. The van der Waals surface area contributed by atoms with Gasteiger partial charge < -0.3 is 29.3 Å². The van der Waals surface area contributed by atoms with Gasteiger partial charge in [-0.3, -0.25) is 4.79 Å². The lowest BCUT2D eigenvalue weighted by Gasteiger charge is -2.34. The molecule has 7 heteroatoms. The molecule has 4 rings (SSSR count). The zero-order valence-corrected chi connectivity index (χ0v) is 16.3. The molecule has 0 amide bonds. The number of phenolic OH excluding ortho intramolecular Hbond substituents is 2. The van der Waals surface area contributed by atoms with Crippen LogP contribution in [-0.2, 0) is 9.53 Å². The van der Waals surface area contributed by atoms with E-state index in [4.69, 9.17) is 14.2 Å². The number of rotatable bonds is 5. The van der Waals surface area contributed by atoms with Crippen LogP contribution in [0.4, 0.5) is 0 Å². The molecule has 2 heterocycles. The van der Waals surface area contributed by atoms with Gasteiger partial charge in [-0.25, -0.2) is 0 Å². The van der Waals surface area contributed by atoms with E-state index in [1.54, 1.807) is 30.3 Å². The van der Waals surface area contributed by atoms with Crippen LogP contribution in [0.2, 0.25) is 0 Å². The zero-order chi connectivity index (χ0) is 20.5. The predicted octanol–water partition coefficient (Wildman–Crippen LogP) is 2.66. The Morgan fingerprint density at radius 2 is 1.79 bits per heavy atom. The van der Waals surface area contributed by atoms with E-state index in [0.29, 0.717) is 24.7 Å². The van der Waals surface area contributed by atoms with Gasteiger partial charge in [-0.2, -0.15) is 0 Å².